The van der Waals surface area contributed by atoms with E-state index in [1.807, 2.05) is 0 Å². The molecule has 0 aromatic carbocycles. The highest BCUT2D eigenvalue weighted by atomic mass is 19.1. The molecule has 0 aliphatic rings. The number of pyridine rings is 1. The van der Waals surface area contributed by atoms with Crippen molar-refractivity contribution < 1.29 is 14.3 Å². The second-order valence-corrected chi connectivity index (χ2v) is 3.05. The number of halogens is 1. The molecule has 0 unspecified atom stereocenters. The highest BCUT2D eigenvalue weighted by Gasteiger charge is 2.18. The van der Waals surface area contributed by atoms with Gasteiger partial charge in [0.15, 0.2) is 17.3 Å². The Morgan fingerprint density at radius 1 is 1.56 bits per heavy atom. The average molecular weight is 222 g/mol. The van der Waals surface area contributed by atoms with Gasteiger partial charge in [0.25, 0.3) is 0 Å². The lowest BCUT2D eigenvalue weighted by Crippen LogP contribution is -2.06. The van der Waals surface area contributed by atoms with Gasteiger partial charge in [-0.2, -0.15) is 4.68 Å². The van der Waals surface area contributed by atoms with E-state index in [1.54, 1.807) is 0 Å². The van der Waals surface area contributed by atoms with Gasteiger partial charge in [0.1, 0.15) is 0 Å². The summed E-state index contributed by atoms with van der Waals surface area (Å²) in [5, 5.41) is 15.8. The van der Waals surface area contributed by atoms with E-state index >= 15 is 0 Å². The molecule has 6 nitrogen and oxygen atoms in total. The Morgan fingerprint density at radius 3 is 2.88 bits per heavy atom. The predicted octanol–water partition coefficient (Wildman–Crippen LogP) is 0.808. The fourth-order valence-electron chi connectivity index (χ4n) is 1.26. The predicted molar refractivity (Wildman–Crippen MR) is 50.8 cm³/mol. The molecule has 0 atom stereocenters. The van der Waals surface area contributed by atoms with Crippen LogP contribution in [0, 0.1) is 12.7 Å². The van der Waals surface area contributed by atoms with Gasteiger partial charge < -0.3 is 5.11 Å². The summed E-state index contributed by atoms with van der Waals surface area (Å²) in [5.74, 6) is -1.87. The Kier molecular flexibility index (Phi) is 2.35. The average Bonchev–Trinajstić information content (AvgIpc) is 2.61. The molecule has 0 bridgehead atoms. The van der Waals surface area contributed by atoms with Gasteiger partial charge in [-0.3, -0.25) is 0 Å². The molecule has 2 rings (SSSR count). The number of hydrogen-bond acceptors (Lipinski definition) is 4. The molecule has 0 saturated carbocycles. The second kappa shape index (κ2) is 3.69. The molecule has 0 aliphatic heterocycles. The second-order valence-electron chi connectivity index (χ2n) is 3.05. The van der Waals surface area contributed by atoms with Crippen LogP contribution in [-0.2, 0) is 0 Å². The fourth-order valence-corrected chi connectivity index (χ4v) is 1.26. The summed E-state index contributed by atoms with van der Waals surface area (Å²) in [6, 6.07) is 2.65. The van der Waals surface area contributed by atoms with Crippen LogP contribution in [-0.4, -0.2) is 31.1 Å². The first kappa shape index (κ1) is 10.2. The molecule has 0 fully saturated rings. The van der Waals surface area contributed by atoms with Gasteiger partial charge in [0.2, 0.25) is 0 Å². The van der Waals surface area contributed by atoms with E-state index in [0.29, 0.717) is 0 Å². The molecule has 1 N–H and O–H groups in total. The lowest BCUT2D eigenvalue weighted by molar-refractivity contribution is 0.0689. The van der Waals surface area contributed by atoms with Crippen LogP contribution in [0.1, 0.15) is 16.2 Å². The van der Waals surface area contributed by atoms with Crippen LogP contribution >= 0.6 is 0 Å². The van der Waals surface area contributed by atoms with Crippen molar-refractivity contribution in [2.45, 2.75) is 6.92 Å². The molecule has 82 valence electrons. The summed E-state index contributed by atoms with van der Waals surface area (Å²) in [5.41, 5.74) is 0.00940. The van der Waals surface area contributed by atoms with Gasteiger partial charge in [0, 0.05) is 6.20 Å². The first-order chi connectivity index (χ1) is 7.61. The largest absolute Gasteiger partial charge is 0.476 e. The minimum atomic E-state index is -1.21. The highest BCUT2D eigenvalue weighted by molar-refractivity contribution is 5.86. The van der Waals surface area contributed by atoms with E-state index in [4.69, 9.17) is 5.11 Å². The summed E-state index contributed by atoms with van der Waals surface area (Å²) in [7, 11) is 0. The van der Waals surface area contributed by atoms with Crippen molar-refractivity contribution in [3.05, 3.63) is 35.5 Å². The Morgan fingerprint density at radius 2 is 2.31 bits per heavy atom. The summed E-state index contributed by atoms with van der Waals surface area (Å²) in [4.78, 5) is 14.5. The molecule has 2 aromatic rings. The first-order valence-electron chi connectivity index (χ1n) is 4.37. The third-order valence-electron chi connectivity index (χ3n) is 2.04. The van der Waals surface area contributed by atoms with Crippen LogP contribution in [0.3, 0.4) is 0 Å². The Hall–Kier alpha value is -2.31. The van der Waals surface area contributed by atoms with Crippen molar-refractivity contribution in [2.75, 3.05) is 0 Å². The topological polar surface area (TPSA) is 80.9 Å². The maximum Gasteiger partial charge on any atom is 0.358 e. The molecule has 7 heteroatoms. The number of carboxylic acid groups (broad SMARTS) is 1. The van der Waals surface area contributed by atoms with Crippen LogP contribution < -0.4 is 0 Å². The van der Waals surface area contributed by atoms with E-state index in [-0.39, 0.29) is 17.2 Å². The van der Waals surface area contributed by atoms with Crippen LogP contribution in [0.15, 0.2) is 18.3 Å². The molecule has 0 amide bonds. The molecule has 0 radical (unpaired) electrons. The van der Waals surface area contributed by atoms with E-state index in [9.17, 15) is 9.18 Å². The molecule has 0 spiro atoms. The van der Waals surface area contributed by atoms with Crippen molar-refractivity contribution in [2.24, 2.45) is 0 Å². The normalized spacial score (nSPS) is 10.4. The number of rotatable bonds is 2. The molecular weight excluding hydrogens is 215 g/mol. The van der Waals surface area contributed by atoms with Crippen LogP contribution in [0.4, 0.5) is 4.39 Å². The zero-order valence-corrected chi connectivity index (χ0v) is 8.25. The Bertz CT molecular complexity index is 552. The molecular formula is C9H7FN4O2. The maximum absolute atomic E-state index is 13.4. The minimum absolute atomic E-state index is 0.0694. The lowest BCUT2D eigenvalue weighted by Gasteiger charge is -2.02. The van der Waals surface area contributed by atoms with Crippen LogP contribution in [0.2, 0.25) is 0 Å². The Labute approximate surface area is 89.4 Å². The quantitative estimate of drug-likeness (QED) is 0.813. The summed E-state index contributed by atoms with van der Waals surface area (Å²) in [6.07, 6.45) is 1.39. The number of carbonyl (C=O) groups is 1. The summed E-state index contributed by atoms with van der Waals surface area (Å²) < 4.78 is 14.4. The SMILES string of the molecule is Cc1c(C(=O)O)nnn1-c1ncccc1F. The standard InChI is InChI=1S/C9H7FN4O2/c1-5-7(9(15)16)12-13-14(5)8-6(10)3-2-4-11-8/h2-4H,1H3,(H,15,16). The monoisotopic (exact) mass is 222 g/mol. The van der Waals surface area contributed by atoms with Gasteiger partial charge >= 0.3 is 5.97 Å². The lowest BCUT2D eigenvalue weighted by atomic mass is 10.3. The number of carboxylic acids is 1. The summed E-state index contributed by atoms with van der Waals surface area (Å²) in [6.45, 7) is 1.48. The maximum atomic E-state index is 13.4. The number of hydrogen-bond donors (Lipinski definition) is 1. The van der Waals surface area contributed by atoms with Gasteiger partial charge in [-0.1, -0.05) is 5.21 Å². The van der Waals surface area contributed by atoms with Crippen molar-refractivity contribution in [3.63, 3.8) is 0 Å². The van der Waals surface area contributed by atoms with Crippen LogP contribution in [0.25, 0.3) is 5.82 Å². The highest BCUT2D eigenvalue weighted by Crippen LogP contribution is 2.12. The van der Waals surface area contributed by atoms with Gasteiger partial charge in [0.05, 0.1) is 5.69 Å². The first-order valence-corrected chi connectivity index (χ1v) is 4.37. The fraction of sp³-hybridized carbons (Fsp3) is 0.111. The summed E-state index contributed by atoms with van der Waals surface area (Å²) >= 11 is 0. The third kappa shape index (κ3) is 1.52. The molecule has 2 heterocycles. The van der Waals surface area contributed by atoms with E-state index in [2.05, 4.69) is 15.3 Å². The van der Waals surface area contributed by atoms with Crippen molar-refractivity contribution in [1.29, 1.82) is 0 Å². The van der Waals surface area contributed by atoms with Crippen molar-refractivity contribution in [3.8, 4) is 5.82 Å². The third-order valence-corrected chi connectivity index (χ3v) is 2.04. The van der Waals surface area contributed by atoms with Gasteiger partial charge in [-0.25, -0.2) is 14.2 Å². The minimum Gasteiger partial charge on any atom is -0.476 e. The number of aromatic carboxylic acids is 1. The van der Waals surface area contributed by atoms with E-state index < -0.39 is 11.8 Å². The molecule has 2 aromatic heterocycles. The molecule has 0 aliphatic carbocycles. The molecule has 16 heavy (non-hydrogen) atoms. The Balaban J connectivity index is 2.58. The number of aromatic nitrogens is 4. The van der Waals surface area contributed by atoms with Crippen molar-refractivity contribution >= 4 is 5.97 Å². The van der Waals surface area contributed by atoms with Crippen molar-refractivity contribution in [1.82, 2.24) is 20.0 Å². The van der Waals surface area contributed by atoms with Gasteiger partial charge in [-0.05, 0) is 19.1 Å². The number of nitrogens with zero attached hydrogens (tertiary/aromatic N) is 4. The zero-order valence-electron chi connectivity index (χ0n) is 8.25. The zero-order chi connectivity index (χ0) is 11.7. The van der Waals surface area contributed by atoms with E-state index in [1.165, 1.54) is 25.3 Å². The smallest absolute Gasteiger partial charge is 0.358 e. The van der Waals surface area contributed by atoms with E-state index in [0.717, 1.165) is 4.68 Å². The van der Waals surface area contributed by atoms with Gasteiger partial charge in [-0.15, -0.1) is 5.10 Å². The molecule has 0 saturated heterocycles. The van der Waals surface area contributed by atoms with Crippen LogP contribution in [0.5, 0.6) is 0 Å².